The van der Waals surface area contributed by atoms with Gasteiger partial charge in [0, 0.05) is 5.56 Å². The van der Waals surface area contributed by atoms with E-state index in [9.17, 15) is 0 Å². The summed E-state index contributed by atoms with van der Waals surface area (Å²) in [5.74, 6) is 0. The third kappa shape index (κ3) is 1.59. The van der Waals surface area contributed by atoms with Gasteiger partial charge >= 0.3 is 0 Å². The number of aryl methyl sites for hydroxylation is 1. The lowest BCUT2D eigenvalue weighted by molar-refractivity contribution is 0.686. The molecule has 0 saturated carbocycles. The van der Waals surface area contributed by atoms with Crippen molar-refractivity contribution in [3.05, 3.63) is 29.3 Å². The van der Waals surface area contributed by atoms with Crippen LogP contribution >= 0.6 is 11.3 Å². The molecular formula is C12H13N3S. The number of nitrogens with two attached hydrogens (primary N) is 1. The summed E-state index contributed by atoms with van der Waals surface area (Å²) in [6, 6.07) is 6.46. The summed E-state index contributed by atoms with van der Waals surface area (Å²) in [6.07, 6.45) is 4.93. The number of hydrogen-bond donors (Lipinski definition) is 1. The van der Waals surface area contributed by atoms with Crippen molar-refractivity contribution in [3.8, 4) is 10.6 Å². The minimum Gasteiger partial charge on any atom is -0.374 e. The van der Waals surface area contributed by atoms with Crippen LogP contribution < -0.4 is 5.73 Å². The van der Waals surface area contributed by atoms with Gasteiger partial charge in [-0.3, -0.25) is 0 Å². The second kappa shape index (κ2) is 3.87. The zero-order valence-corrected chi connectivity index (χ0v) is 9.76. The maximum atomic E-state index is 5.64. The molecule has 2 N–H and O–H groups in total. The van der Waals surface area contributed by atoms with Crippen molar-refractivity contribution in [2.24, 2.45) is 0 Å². The van der Waals surface area contributed by atoms with Crippen LogP contribution in [0.3, 0.4) is 0 Å². The van der Waals surface area contributed by atoms with Crippen molar-refractivity contribution >= 4 is 16.5 Å². The average molecular weight is 231 g/mol. The Morgan fingerprint density at radius 2 is 2.00 bits per heavy atom. The van der Waals surface area contributed by atoms with Crippen LogP contribution in [0.25, 0.3) is 10.6 Å². The second-order valence-electron chi connectivity index (χ2n) is 4.10. The van der Waals surface area contributed by atoms with Crippen molar-refractivity contribution < 1.29 is 0 Å². The molecule has 4 heteroatoms. The van der Waals surface area contributed by atoms with Crippen LogP contribution in [-0.4, -0.2) is 10.2 Å². The summed E-state index contributed by atoms with van der Waals surface area (Å²) < 4.78 is 0. The summed E-state index contributed by atoms with van der Waals surface area (Å²) in [4.78, 5) is 0. The van der Waals surface area contributed by atoms with E-state index in [1.807, 2.05) is 0 Å². The quantitative estimate of drug-likeness (QED) is 0.821. The first kappa shape index (κ1) is 9.78. The highest BCUT2D eigenvalue weighted by molar-refractivity contribution is 7.18. The second-order valence-corrected chi connectivity index (χ2v) is 5.10. The zero-order valence-electron chi connectivity index (χ0n) is 8.94. The Morgan fingerprint density at radius 3 is 2.81 bits per heavy atom. The molecule has 0 amide bonds. The molecule has 0 bridgehead atoms. The summed E-state index contributed by atoms with van der Waals surface area (Å²) in [6.45, 7) is 0. The Bertz CT molecular complexity index is 519. The molecule has 0 atom stereocenters. The molecule has 3 rings (SSSR count). The predicted molar refractivity (Wildman–Crippen MR) is 66.4 cm³/mol. The Balaban J connectivity index is 2.13. The maximum absolute atomic E-state index is 5.64. The Hall–Kier alpha value is -1.42. The van der Waals surface area contributed by atoms with Gasteiger partial charge in [-0.1, -0.05) is 29.5 Å². The molecule has 3 nitrogen and oxygen atoms in total. The predicted octanol–water partition coefficient (Wildman–Crippen LogP) is 2.67. The highest BCUT2D eigenvalue weighted by atomic mass is 32.1. The Morgan fingerprint density at radius 1 is 1.12 bits per heavy atom. The third-order valence-corrected chi connectivity index (χ3v) is 3.85. The van der Waals surface area contributed by atoms with E-state index >= 15 is 0 Å². The molecular weight excluding hydrogens is 218 g/mol. The molecule has 0 aliphatic heterocycles. The standard InChI is InChI=1S/C12H13N3S/c13-12-15-14-11(16-12)10-7-3-5-8-4-1-2-6-9(8)10/h3,5,7H,1-2,4,6H2,(H2,13,15). The monoisotopic (exact) mass is 231 g/mol. The van der Waals surface area contributed by atoms with Crippen LogP contribution in [0.4, 0.5) is 5.13 Å². The Labute approximate surface area is 98.3 Å². The fourth-order valence-corrected chi connectivity index (χ4v) is 2.99. The van der Waals surface area contributed by atoms with E-state index in [1.165, 1.54) is 47.3 Å². The molecule has 0 saturated heterocycles. The normalized spacial score (nSPS) is 14.8. The van der Waals surface area contributed by atoms with Gasteiger partial charge in [-0.25, -0.2) is 0 Å². The molecule has 82 valence electrons. The minimum atomic E-state index is 0.545. The number of nitrogen functional groups attached to an aromatic ring is 1. The maximum Gasteiger partial charge on any atom is 0.203 e. The largest absolute Gasteiger partial charge is 0.374 e. The number of anilines is 1. The highest BCUT2D eigenvalue weighted by Crippen LogP contribution is 2.33. The number of fused-ring (bicyclic) bond motifs is 1. The van der Waals surface area contributed by atoms with Gasteiger partial charge in [0.1, 0.15) is 5.01 Å². The first-order chi connectivity index (χ1) is 7.84. The fourth-order valence-electron chi connectivity index (χ4n) is 2.33. The topological polar surface area (TPSA) is 51.8 Å². The van der Waals surface area contributed by atoms with Gasteiger partial charge in [0.15, 0.2) is 0 Å². The minimum absolute atomic E-state index is 0.545. The summed E-state index contributed by atoms with van der Waals surface area (Å²) in [5.41, 5.74) is 9.78. The number of aromatic nitrogens is 2. The van der Waals surface area contributed by atoms with Crippen molar-refractivity contribution in [2.75, 3.05) is 5.73 Å². The van der Waals surface area contributed by atoms with E-state index in [2.05, 4.69) is 28.4 Å². The Kier molecular flexibility index (Phi) is 2.36. The highest BCUT2D eigenvalue weighted by Gasteiger charge is 2.16. The molecule has 16 heavy (non-hydrogen) atoms. The van der Waals surface area contributed by atoms with E-state index < -0.39 is 0 Å². The van der Waals surface area contributed by atoms with Gasteiger partial charge in [-0.15, -0.1) is 10.2 Å². The molecule has 1 aromatic heterocycles. The molecule has 0 unspecified atom stereocenters. The zero-order chi connectivity index (χ0) is 11.0. The summed E-state index contributed by atoms with van der Waals surface area (Å²) >= 11 is 1.47. The molecule has 1 aromatic carbocycles. The SMILES string of the molecule is Nc1nnc(-c2cccc3c2CCCC3)s1. The van der Waals surface area contributed by atoms with E-state index in [-0.39, 0.29) is 0 Å². The van der Waals surface area contributed by atoms with Crippen LogP contribution in [0.2, 0.25) is 0 Å². The van der Waals surface area contributed by atoms with E-state index in [4.69, 9.17) is 5.73 Å². The van der Waals surface area contributed by atoms with Gasteiger partial charge in [0.2, 0.25) is 5.13 Å². The third-order valence-electron chi connectivity index (χ3n) is 3.07. The molecule has 1 heterocycles. The van der Waals surface area contributed by atoms with Crippen LogP contribution in [-0.2, 0) is 12.8 Å². The molecule has 0 fully saturated rings. The van der Waals surface area contributed by atoms with Gasteiger partial charge in [-0.05, 0) is 36.8 Å². The van der Waals surface area contributed by atoms with Crippen molar-refractivity contribution in [1.82, 2.24) is 10.2 Å². The van der Waals surface area contributed by atoms with Crippen molar-refractivity contribution in [1.29, 1.82) is 0 Å². The van der Waals surface area contributed by atoms with E-state index in [0.29, 0.717) is 5.13 Å². The molecule has 0 spiro atoms. The van der Waals surface area contributed by atoms with Crippen molar-refractivity contribution in [3.63, 3.8) is 0 Å². The molecule has 2 aromatic rings. The number of rotatable bonds is 1. The first-order valence-corrected chi connectivity index (χ1v) is 6.36. The molecule has 1 aliphatic carbocycles. The molecule has 0 radical (unpaired) electrons. The molecule has 1 aliphatic rings. The van der Waals surface area contributed by atoms with Crippen LogP contribution in [0, 0.1) is 0 Å². The van der Waals surface area contributed by atoms with Gasteiger partial charge in [-0.2, -0.15) is 0 Å². The van der Waals surface area contributed by atoms with Crippen LogP contribution in [0.1, 0.15) is 24.0 Å². The van der Waals surface area contributed by atoms with Crippen molar-refractivity contribution in [2.45, 2.75) is 25.7 Å². The van der Waals surface area contributed by atoms with Gasteiger partial charge in [0.25, 0.3) is 0 Å². The lowest BCUT2D eigenvalue weighted by Crippen LogP contribution is -2.04. The van der Waals surface area contributed by atoms with Crippen LogP contribution in [0.15, 0.2) is 18.2 Å². The van der Waals surface area contributed by atoms with Crippen LogP contribution in [0.5, 0.6) is 0 Å². The number of benzene rings is 1. The lowest BCUT2D eigenvalue weighted by Gasteiger charge is -2.17. The smallest absolute Gasteiger partial charge is 0.203 e. The number of nitrogens with zero attached hydrogens (tertiary/aromatic N) is 2. The first-order valence-electron chi connectivity index (χ1n) is 5.55. The lowest BCUT2D eigenvalue weighted by atomic mass is 9.88. The van der Waals surface area contributed by atoms with E-state index in [1.54, 1.807) is 0 Å². The van der Waals surface area contributed by atoms with E-state index in [0.717, 1.165) is 11.4 Å². The van der Waals surface area contributed by atoms with Gasteiger partial charge in [0.05, 0.1) is 0 Å². The summed E-state index contributed by atoms with van der Waals surface area (Å²) in [7, 11) is 0. The van der Waals surface area contributed by atoms with Gasteiger partial charge < -0.3 is 5.73 Å². The summed E-state index contributed by atoms with van der Waals surface area (Å²) in [5, 5.41) is 9.53. The fraction of sp³-hybridized carbons (Fsp3) is 0.333. The average Bonchev–Trinajstić information content (AvgIpc) is 2.75. The number of hydrogen-bond acceptors (Lipinski definition) is 4.